The minimum atomic E-state index is -4.06. The number of likely N-dealkylation sites (tertiary alicyclic amines) is 1. The highest BCUT2D eigenvalue weighted by Crippen LogP contribution is 2.26. The number of nitrogens with zero attached hydrogens (tertiary/aromatic N) is 1. The van der Waals surface area contributed by atoms with Crippen LogP contribution < -0.4 is 5.32 Å². The number of amides is 1. The highest BCUT2D eigenvalue weighted by molar-refractivity contribution is 5.79. The third kappa shape index (κ3) is 4.96. The fourth-order valence-electron chi connectivity index (χ4n) is 2.76. The molecule has 1 saturated carbocycles. The van der Waals surface area contributed by atoms with Crippen molar-refractivity contribution in [1.82, 2.24) is 10.2 Å². The third-order valence-corrected chi connectivity index (χ3v) is 4.46. The molecule has 20 heavy (non-hydrogen) atoms. The monoisotopic (exact) mass is 292 g/mol. The summed E-state index contributed by atoms with van der Waals surface area (Å²) in [7, 11) is 0. The van der Waals surface area contributed by atoms with Crippen LogP contribution in [0.1, 0.15) is 38.5 Å². The normalized spacial score (nSPS) is 22.6. The Labute approximate surface area is 117 Å². The molecular weight excluding hydrogens is 269 g/mol. The Morgan fingerprint density at radius 2 is 1.80 bits per heavy atom. The summed E-state index contributed by atoms with van der Waals surface area (Å²) >= 11 is 0. The first-order valence-corrected chi connectivity index (χ1v) is 7.51. The van der Waals surface area contributed by atoms with Gasteiger partial charge < -0.3 is 10.2 Å². The Bertz CT molecular complexity index is 321. The number of halogens is 3. The van der Waals surface area contributed by atoms with Gasteiger partial charge in [-0.25, -0.2) is 0 Å². The average Bonchev–Trinajstić information content (AvgIpc) is 2.32. The first-order chi connectivity index (χ1) is 9.44. The summed E-state index contributed by atoms with van der Waals surface area (Å²) in [4.78, 5) is 13.6. The molecule has 0 aromatic rings. The molecule has 0 aromatic heterocycles. The van der Waals surface area contributed by atoms with Crippen molar-refractivity contribution < 1.29 is 18.0 Å². The van der Waals surface area contributed by atoms with E-state index in [2.05, 4.69) is 5.32 Å². The summed E-state index contributed by atoms with van der Waals surface area (Å²) < 4.78 is 36.4. The zero-order chi connectivity index (χ0) is 14.6. The highest BCUT2D eigenvalue weighted by Gasteiger charge is 2.29. The van der Waals surface area contributed by atoms with Crippen molar-refractivity contribution in [2.75, 3.05) is 26.2 Å². The zero-order valence-corrected chi connectivity index (χ0v) is 11.7. The smallest absolute Gasteiger partial charge is 0.356 e. The summed E-state index contributed by atoms with van der Waals surface area (Å²) in [5.41, 5.74) is 0. The van der Waals surface area contributed by atoms with Crippen LogP contribution in [0.15, 0.2) is 0 Å². The largest absolute Gasteiger partial charge is 0.390 e. The minimum Gasteiger partial charge on any atom is -0.356 e. The molecule has 6 heteroatoms. The molecule has 2 fully saturated rings. The predicted octanol–water partition coefficient (Wildman–Crippen LogP) is 2.57. The molecule has 1 heterocycles. The van der Waals surface area contributed by atoms with Crippen molar-refractivity contribution in [1.29, 1.82) is 0 Å². The maximum absolute atomic E-state index is 12.1. The van der Waals surface area contributed by atoms with Gasteiger partial charge in [-0.2, -0.15) is 13.2 Å². The van der Waals surface area contributed by atoms with E-state index in [-0.39, 0.29) is 18.4 Å². The lowest BCUT2D eigenvalue weighted by molar-refractivity contribution is -0.138. The van der Waals surface area contributed by atoms with E-state index < -0.39 is 12.6 Å². The van der Waals surface area contributed by atoms with E-state index in [1.54, 1.807) is 0 Å². The van der Waals surface area contributed by atoms with Crippen LogP contribution >= 0.6 is 0 Å². The highest BCUT2D eigenvalue weighted by atomic mass is 19.4. The predicted molar refractivity (Wildman–Crippen MR) is 70.2 cm³/mol. The molecule has 0 aromatic carbocycles. The Balaban J connectivity index is 1.58. The van der Waals surface area contributed by atoms with Gasteiger partial charge in [0.05, 0.1) is 6.42 Å². The first-order valence-electron chi connectivity index (χ1n) is 7.51. The van der Waals surface area contributed by atoms with Gasteiger partial charge in [-0.15, -0.1) is 0 Å². The standard InChI is InChI=1S/C14H23F3N2O/c15-14(16,17)6-9-19-7-4-11(5-8-19)10-18-13(20)12-2-1-3-12/h11-12H,1-10H2,(H,18,20). The van der Waals surface area contributed by atoms with E-state index >= 15 is 0 Å². The molecule has 1 amide bonds. The average molecular weight is 292 g/mol. The summed E-state index contributed by atoms with van der Waals surface area (Å²) in [5, 5.41) is 2.99. The molecule has 1 aliphatic carbocycles. The lowest BCUT2D eigenvalue weighted by Crippen LogP contribution is -2.42. The van der Waals surface area contributed by atoms with Crippen LogP contribution in [0.2, 0.25) is 0 Å². The zero-order valence-electron chi connectivity index (χ0n) is 11.7. The van der Waals surface area contributed by atoms with E-state index in [9.17, 15) is 18.0 Å². The Morgan fingerprint density at radius 3 is 2.30 bits per heavy atom. The van der Waals surface area contributed by atoms with Crippen LogP contribution in [0.5, 0.6) is 0 Å². The molecule has 0 unspecified atom stereocenters. The van der Waals surface area contributed by atoms with Gasteiger partial charge in [-0.05, 0) is 44.7 Å². The van der Waals surface area contributed by atoms with Crippen molar-refractivity contribution in [2.45, 2.75) is 44.7 Å². The van der Waals surface area contributed by atoms with Gasteiger partial charge in [0.15, 0.2) is 0 Å². The SMILES string of the molecule is O=C(NCC1CCN(CCC(F)(F)F)CC1)C1CCC1. The van der Waals surface area contributed by atoms with E-state index in [0.29, 0.717) is 25.6 Å². The number of alkyl halides is 3. The van der Waals surface area contributed by atoms with Crippen molar-refractivity contribution in [3.63, 3.8) is 0 Å². The maximum atomic E-state index is 12.1. The second-order valence-electron chi connectivity index (χ2n) is 6.02. The summed E-state index contributed by atoms with van der Waals surface area (Å²) in [5.74, 6) is 0.791. The fraction of sp³-hybridized carbons (Fsp3) is 0.929. The van der Waals surface area contributed by atoms with E-state index in [1.165, 1.54) is 0 Å². The summed E-state index contributed by atoms with van der Waals surface area (Å²) in [6.45, 7) is 2.20. The molecule has 116 valence electrons. The molecule has 1 N–H and O–H groups in total. The molecule has 1 aliphatic heterocycles. The van der Waals surface area contributed by atoms with E-state index in [4.69, 9.17) is 0 Å². The van der Waals surface area contributed by atoms with Crippen LogP contribution in [0.3, 0.4) is 0 Å². The van der Waals surface area contributed by atoms with E-state index in [0.717, 1.165) is 32.1 Å². The van der Waals surface area contributed by atoms with Crippen LogP contribution in [0.4, 0.5) is 13.2 Å². The molecule has 2 rings (SSSR count). The lowest BCUT2D eigenvalue weighted by Gasteiger charge is -2.33. The van der Waals surface area contributed by atoms with E-state index in [1.807, 2.05) is 4.90 Å². The number of hydrogen-bond acceptors (Lipinski definition) is 2. The van der Waals surface area contributed by atoms with Gasteiger partial charge in [-0.3, -0.25) is 4.79 Å². The van der Waals surface area contributed by atoms with Crippen molar-refractivity contribution in [2.24, 2.45) is 11.8 Å². The second-order valence-corrected chi connectivity index (χ2v) is 6.02. The molecule has 0 atom stereocenters. The summed E-state index contributed by atoms with van der Waals surface area (Å²) in [6, 6.07) is 0. The molecule has 1 saturated heterocycles. The molecule has 0 spiro atoms. The van der Waals surface area contributed by atoms with Gasteiger partial charge in [0.1, 0.15) is 0 Å². The number of carbonyl (C=O) groups is 1. The Morgan fingerprint density at radius 1 is 1.15 bits per heavy atom. The fourth-order valence-corrected chi connectivity index (χ4v) is 2.76. The number of rotatable bonds is 5. The quantitative estimate of drug-likeness (QED) is 0.844. The van der Waals surface area contributed by atoms with Crippen molar-refractivity contribution in [3.05, 3.63) is 0 Å². The van der Waals surface area contributed by atoms with Gasteiger partial charge in [0.25, 0.3) is 0 Å². The van der Waals surface area contributed by atoms with Gasteiger partial charge >= 0.3 is 6.18 Å². The molecule has 2 aliphatic rings. The second kappa shape index (κ2) is 6.78. The third-order valence-electron chi connectivity index (χ3n) is 4.46. The van der Waals surface area contributed by atoms with Gasteiger partial charge in [-0.1, -0.05) is 6.42 Å². The van der Waals surface area contributed by atoms with Crippen LogP contribution in [-0.4, -0.2) is 43.2 Å². The van der Waals surface area contributed by atoms with Gasteiger partial charge in [0, 0.05) is 19.0 Å². The topological polar surface area (TPSA) is 32.3 Å². The van der Waals surface area contributed by atoms with Crippen LogP contribution in [0, 0.1) is 11.8 Å². The molecular formula is C14H23F3N2O. The van der Waals surface area contributed by atoms with Crippen molar-refractivity contribution >= 4 is 5.91 Å². The van der Waals surface area contributed by atoms with Crippen molar-refractivity contribution in [3.8, 4) is 0 Å². The number of carbonyl (C=O) groups excluding carboxylic acids is 1. The molecule has 3 nitrogen and oxygen atoms in total. The number of piperidine rings is 1. The minimum absolute atomic E-state index is 0.102. The Hall–Kier alpha value is -0.780. The first kappa shape index (κ1) is 15.6. The Kier molecular flexibility index (Phi) is 5.29. The lowest BCUT2D eigenvalue weighted by atomic mass is 9.84. The number of nitrogens with one attached hydrogen (secondary N) is 1. The maximum Gasteiger partial charge on any atom is 0.390 e. The number of hydrogen-bond donors (Lipinski definition) is 1. The molecule has 0 radical (unpaired) electrons. The van der Waals surface area contributed by atoms with Crippen LogP contribution in [0.25, 0.3) is 0 Å². The van der Waals surface area contributed by atoms with Gasteiger partial charge in [0.2, 0.25) is 5.91 Å². The van der Waals surface area contributed by atoms with Crippen LogP contribution in [-0.2, 0) is 4.79 Å². The summed E-state index contributed by atoms with van der Waals surface area (Å²) in [6.07, 6.45) is 0.119. The molecule has 0 bridgehead atoms.